The molecule has 0 saturated carbocycles. The largest absolute Gasteiger partial charge is 0.495 e. The van der Waals surface area contributed by atoms with Crippen LogP contribution in [0.1, 0.15) is 27.5 Å². The van der Waals surface area contributed by atoms with Gasteiger partial charge in [-0.05, 0) is 43.7 Å². The zero-order valence-corrected chi connectivity index (χ0v) is 15.9. The topological polar surface area (TPSA) is 89.3 Å². The van der Waals surface area contributed by atoms with Crippen LogP contribution in [0.5, 0.6) is 5.75 Å². The number of aryl methyl sites for hydroxylation is 2. The van der Waals surface area contributed by atoms with Crippen LogP contribution in [0.4, 0.5) is 11.6 Å². The van der Waals surface area contributed by atoms with Gasteiger partial charge in [-0.3, -0.25) is 4.79 Å². The number of methoxy groups -OCH3 is 1. The van der Waals surface area contributed by atoms with Gasteiger partial charge in [0.1, 0.15) is 17.2 Å². The van der Waals surface area contributed by atoms with Crippen molar-refractivity contribution in [2.45, 2.75) is 20.4 Å². The van der Waals surface area contributed by atoms with Gasteiger partial charge in [0.25, 0.3) is 5.91 Å². The van der Waals surface area contributed by atoms with Gasteiger partial charge in [-0.1, -0.05) is 11.6 Å². The molecule has 7 nitrogen and oxygen atoms in total. The van der Waals surface area contributed by atoms with Crippen molar-refractivity contribution in [2.75, 3.05) is 12.4 Å². The van der Waals surface area contributed by atoms with E-state index < -0.39 is 0 Å². The third kappa shape index (κ3) is 4.57. The minimum Gasteiger partial charge on any atom is -0.495 e. The van der Waals surface area contributed by atoms with E-state index in [0.29, 0.717) is 27.9 Å². The second-order valence-corrected chi connectivity index (χ2v) is 6.31. The van der Waals surface area contributed by atoms with Gasteiger partial charge >= 0.3 is 0 Å². The standard InChI is InChI=1S/C19H19ClN4O3/c1-11-7-15(17(26-3)9-14(11)20)23-19-22-12(2)8-16(24-19)18(25)21-10-13-5-4-6-27-13/h4-9H,10H2,1-3H3,(H,21,25)(H,22,23,24). The third-order valence-corrected chi connectivity index (χ3v) is 4.22. The Hall–Kier alpha value is -3.06. The third-order valence-electron chi connectivity index (χ3n) is 3.82. The second kappa shape index (κ2) is 8.09. The molecule has 0 spiro atoms. The Morgan fingerprint density at radius 1 is 1.26 bits per heavy atom. The highest BCUT2D eigenvalue weighted by molar-refractivity contribution is 6.31. The number of nitrogens with zero attached hydrogens (tertiary/aromatic N) is 2. The second-order valence-electron chi connectivity index (χ2n) is 5.91. The van der Waals surface area contributed by atoms with Gasteiger partial charge < -0.3 is 19.8 Å². The lowest BCUT2D eigenvalue weighted by molar-refractivity contribution is 0.0943. The van der Waals surface area contributed by atoms with Crippen molar-refractivity contribution in [1.29, 1.82) is 0 Å². The molecule has 0 radical (unpaired) electrons. The van der Waals surface area contributed by atoms with Crippen molar-refractivity contribution < 1.29 is 13.9 Å². The number of furan rings is 1. The number of ether oxygens (including phenoxy) is 1. The lowest BCUT2D eigenvalue weighted by atomic mass is 10.2. The molecular formula is C19H19ClN4O3. The Bertz CT molecular complexity index is 958. The fourth-order valence-corrected chi connectivity index (χ4v) is 2.62. The molecule has 0 aliphatic heterocycles. The fourth-order valence-electron chi connectivity index (χ4n) is 2.46. The number of carbonyl (C=O) groups is 1. The van der Waals surface area contributed by atoms with Crippen molar-refractivity contribution in [3.63, 3.8) is 0 Å². The van der Waals surface area contributed by atoms with Gasteiger partial charge in [0.05, 0.1) is 25.6 Å². The summed E-state index contributed by atoms with van der Waals surface area (Å²) in [4.78, 5) is 21.0. The molecule has 0 aliphatic carbocycles. The van der Waals surface area contributed by atoms with Crippen LogP contribution in [0.15, 0.2) is 41.0 Å². The molecule has 0 bridgehead atoms. The molecule has 140 valence electrons. The molecule has 27 heavy (non-hydrogen) atoms. The van der Waals surface area contributed by atoms with Gasteiger partial charge in [-0.25, -0.2) is 9.97 Å². The van der Waals surface area contributed by atoms with Gasteiger partial charge in [-0.2, -0.15) is 0 Å². The van der Waals surface area contributed by atoms with Crippen LogP contribution < -0.4 is 15.4 Å². The first-order chi connectivity index (χ1) is 13.0. The normalized spacial score (nSPS) is 10.5. The summed E-state index contributed by atoms with van der Waals surface area (Å²) in [7, 11) is 1.55. The highest BCUT2D eigenvalue weighted by atomic mass is 35.5. The summed E-state index contributed by atoms with van der Waals surface area (Å²) >= 11 is 6.14. The maximum absolute atomic E-state index is 12.4. The number of hydrogen-bond acceptors (Lipinski definition) is 6. The number of aromatic nitrogens is 2. The Labute approximate surface area is 161 Å². The van der Waals surface area contributed by atoms with Crippen LogP contribution in [0.25, 0.3) is 0 Å². The molecule has 0 atom stereocenters. The van der Waals surface area contributed by atoms with Crippen LogP contribution in [0.2, 0.25) is 5.02 Å². The summed E-state index contributed by atoms with van der Waals surface area (Å²) in [6.07, 6.45) is 1.56. The van der Waals surface area contributed by atoms with E-state index in [-0.39, 0.29) is 24.1 Å². The van der Waals surface area contributed by atoms with Gasteiger partial charge in [0.2, 0.25) is 5.95 Å². The molecule has 2 aromatic heterocycles. The summed E-state index contributed by atoms with van der Waals surface area (Å²) in [6.45, 7) is 3.96. The molecule has 3 aromatic rings. The van der Waals surface area contributed by atoms with E-state index in [9.17, 15) is 4.79 Å². The van der Waals surface area contributed by atoms with Gasteiger partial charge in [0.15, 0.2) is 0 Å². The maximum atomic E-state index is 12.4. The summed E-state index contributed by atoms with van der Waals surface area (Å²) in [5.74, 6) is 1.19. The van der Waals surface area contributed by atoms with Crippen LogP contribution in [0.3, 0.4) is 0 Å². The van der Waals surface area contributed by atoms with E-state index >= 15 is 0 Å². The zero-order valence-electron chi connectivity index (χ0n) is 15.2. The Balaban J connectivity index is 1.81. The van der Waals surface area contributed by atoms with Crippen molar-refractivity contribution in [3.05, 3.63) is 64.3 Å². The van der Waals surface area contributed by atoms with E-state index in [1.807, 2.05) is 13.0 Å². The van der Waals surface area contributed by atoms with E-state index in [2.05, 4.69) is 20.6 Å². The predicted molar refractivity (Wildman–Crippen MR) is 103 cm³/mol. The minimum atomic E-state index is -0.320. The van der Waals surface area contributed by atoms with Crippen molar-refractivity contribution in [1.82, 2.24) is 15.3 Å². The summed E-state index contributed by atoms with van der Waals surface area (Å²) in [6, 6.07) is 8.72. The number of halogens is 1. The highest BCUT2D eigenvalue weighted by Gasteiger charge is 2.13. The first-order valence-corrected chi connectivity index (χ1v) is 8.61. The van der Waals surface area contributed by atoms with Crippen molar-refractivity contribution in [2.24, 2.45) is 0 Å². The van der Waals surface area contributed by atoms with Gasteiger partial charge in [-0.15, -0.1) is 0 Å². The first-order valence-electron chi connectivity index (χ1n) is 8.23. The average Bonchev–Trinajstić information content (AvgIpc) is 3.15. The van der Waals surface area contributed by atoms with E-state index in [1.165, 1.54) is 0 Å². The highest BCUT2D eigenvalue weighted by Crippen LogP contribution is 2.32. The van der Waals surface area contributed by atoms with Crippen LogP contribution in [0, 0.1) is 13.8 Å². The quantitative estimate of drug-likeness (QED) is 0.665. The number of amides is 1. The molecule has 3 rings (SSSR count). The Morgan fingerprint density at radius 3 is 2.78 bits per heavy atom. The average molecular weight is 387 g/mol. The molecule has 0 unspecified atom stereocenters. The van der Waals surface area contributed by atoms with Crippen LogP contribution >= 0.6 is 11.6 Å². The van der Waals surface area contributed by atoms with E-state index in [0.717, 1.165) is 5.56 Å². The number of nitrogens with one attached hydrogen (secondary N) is 2. The molecule has 0 saturated heterocycles. The van der Waals surface area contributed by atoms with Crippen LogP contribution in [-0.2, 0) is 6.54 Å². The number of anilines is 2. The number of hydrogen-bond donors (Lipinski definition) is 2. The number of carbonyl (C=O) groups excluding carboxylic acids is 1. The Kier molecular flexibility index (Phi) is 5.61. The van der Waals surface area contributed by atoms with Crippen molar-refractivity contribution in [3.8, 4) is 5.75 Å². The monoisotopic (exact) mass is 386 g/mol. The molecule has 2 N–H and O–H groups in total. The van der Waals surface area contributed by atoms with E-state index in [1.54, 1.807) is 44.6 Å². The molecular weight excluding hydrogens is 368 g/mol. The lowest BCUT2D eigenvalue weighted by Gasteiger charge is -2.13. The summed E-state index contributed by atoms with van der Waals surface area (Å²) in [5, 5.41) is 6.46. The summed E-state index contributed by atoms with van der Waals surface area (Å²) in [5.41, 5.74) is 2.44. The molecule has 0 aliphatic rings. The zero-order chi connectivity index (χ0) is 19.4. The fraction of sp³-hybridized carbons (Fsp3) is 0.211. The number of benzene rings is 1. The predicted octanol–water partition coefficient (Wildman–Crippen LogP) is 4.02. The smallest absolute Gasteiger partial charge is 0.270 e. The molecule has 1 aromatic carbocycles. The van der Waals surface area contributed by atoms with E-state index in [4.69, 9.17) is 20.8 Å². The summed E-state index contributed by atoms with van der Waals surface area (Å²) < 4.78 is 10.6. The maximum Gasteiger partial charge on any atom is 0.270 e. The minimum absolute atomic E-state index is 0.251. The van der Waals surface area contributed by atoms with Gasteiger partial charge in [0, 0.05) is 16.8 Å². The molecule has 8 heteroatoms. The van der Waals surface area contributed by atoms with Crippen LogP contribution in [-0.4, -0.2) is 23.0 Å². The SMILES string of the molecule is COc1cc(Cl)c(C)cc1Nc1nc(C)cc(C(=O)NCc2ccco2)n1. The Morgan fingerprint density at radius 2 is 2.07 bits per heavy atom. The van der Waals surface area contributed by atoms with Crippen molar-refractivity contribution >= 4 is 29.1 Å². The molecule has 0 fully saturated rings. The number of rotatable bonds is 6. The first kappa shape index (κ1) is 18.7. The molecule has 2 heterocycles. The lowest BCUT2D eigenvalue weighted by Crippen LogP contribution is -2.24. The molecule has 1 amide bonds.